The largest absolute Gasteiger partial charge is 0.351 e. The molecule has 0 saturated carbocycles. The summed E-state index contributed by atoms with van der Waals surface area (Å²) in [5.74, 6) is 0. The summed E-state index contributed by atoms with van der Waals surface area (Å²) in [6, 6.07) is -0.512. The van der Waals surface area contributed by atoms with Crippen LogP contribution < -0.4 is 5.73 Å². The summed E-state index contributed by atoms with van der Waals surface area (Å²) in [6.07, 6.45) is 4.33. The minimum atomic E-state index is -0.512. The Balaban J connectivity index is 0.000000640. The zero-order valence-electron chi connectivity index (χ0n) is 4.52. The van der Waals surface area contributed by atoms with Crippen molar-refractivity contribution in [3.05, 3.63) is 18.7 Å². The van der Waals surface area contributed by atoms with Crippen LogP contribution in [0.5, 0.6) is 0 Å². The molecular formula is C4H6ClN3O. The summed E-state index contributed by atoms with van der Waals surface area (Å²) in [7, 11) is 0. The van der Waals surface area contributed by atoms with Gasteiger partial charge >= 0.3 is 6.03 Å². The smallest absolute Gasteiger partial charge is 0.324 e. The van der Waals surface area contributed by atoms with Gasteiger partial charge in [-0.3, -0.25) is 4.57 Å². The van der Waals surface area contributed by atoms with E-state index in [2.05, 4.69) is 4.98 Å². The molecule has 5 heteroatoms. The van der Waals surface area contributed by atoms with Crippen LogP contribution in [0.15, 0.2) is 18.7 Å². The summed E-state index contributed by atoms with van der Waals surface area (Å²) in [5, 5.41) is 0. The van der Waals surface area contributed by atoms with Gasteiger partial charge in [0.05, 0.1) is 0 Å². The minimum Gasteiger partial charge on any atom is -0.351 e. The molecule has 1 heterocycles. The molecule has 0 bridgehead atoms. The normalized spacial score (nSPS) is 8.00. The lowest BCUT2D eigenvalue weighted by Gasteiger charge is -1.87. The number of nitrogens with zero attached hydrogens (tertiary/aromatic N) is 2. The van der Waals surface area contributed by atoms with Crippen molar-refractivity contribution in [2.24, 2.45) is 5.73 Å². The average Bonchev–Trinajstić information content (AvgIpc) is 2.12. The van der Waals surface area contributed by atoms with Gasteiger partial charge in [-0.2, -0.15) is 0 Å². The van der Waals surface area contributed by atoms with Crippen molar-refractivity contribution >= 4 is 18.4 Å². The molecule has 0 spiro atoms. The van der Waals surface area contributed by atoms with Gasteiger partial charge in [-0.05, 0) is 0 Å². The number of hydrogen-bond acceptors (Lipinski definition) is 2. The molecule has 4 nitrogen and oxygen atoms in total. The summed E-state index contributed by atoms with van der Waals surface area (Å²) >= 11 is 0. The molecule has 0 aliphatic heterocycles. The van der Waals surface area contributed by atoms with Crippen molar-refractivity contribution in [3.8, 4) is 0 Å². The van der Waals surface area contributed by atoms with Gasteiger partial charge in [0.1, 0.15) is 6.33 Å². The first kappa shape index (κ1) is 7.97. The van der Waals surface area contributed by atoms with E-state index in [1.807, 2.05) is 0 Å². The quantitative estimate of drug-likeness (QED) is 0.571. The number of aromatic nitrogens is 2. The van der Waals surface area contributed by atoms with Gasteiger partial charge in [0, 0.05) is 12.4 Å². The molecule has 0 aliphatic carbocycles. The molecule has 1 aromatic heterocycles. The van der Waals surface area contributed by atoms with Crippen LogP contribution in [0.1, 0.15) is 0 Å². The fraction of sp³-hybridized carbons (Fsp3) is 0. The molecule has 2 N–H and O–H groups in total. The van der Waals surface area contributed by atoms with Crippen LogP contribution in [0, 0.1) is 0 Å². The van der Waals surface area contributed by atoms with E-state index in [1.165, 1.54) is 23.3 Å². The monoisotopic (exact) mass is 147 g/mol. The number of hydrogen-bond donors (Lipinski definition) is 1. The van der Waals surface area contributed by atoms with Crippen molar-refractivity contribution in [2.75, 3.05) is 0 Å². The molecule has 1 aromatic rings. The van der Waals surface area contributed by atoms with Crippen LogP contribution in [0.25, 0.3) is 0 Å². The SMILES string of the molecule is Cl.NC(=O)n1ccnc1. The van der Waals surface area contributed by atoms with Crippen molar-refractivity contribution < 1.29 is 4.79 Å². The van der Waals surface area contributed by atoms with Gasteiger partial charge in [-0.25, -0.2) is 9.78 Å². The number of halogens is 1. The third-order valence-corrected chi connectivity index (χ3v) is 0.759. The molecule has 0 aliphatic rings. The molecule has 0 fully saturated rings. The Morgan fingerprint density at radius 2 is 2.33 bits per heavy atom. The van der Waals surface area contributed by atoms with E-state index < -0.39 is 6.03 Å². The van der Waals surface area contributed by atoms with Crippen molar-refractivity contribution in [3.63, 3.8) is 0 Å². The second kappa shape index (κ2) is 3.09. The Kier molecular flexibility index (Phi) is 2.73. The molecule has 1 rings (SSSR count). The van der Waals surface area contributed by atoms with Gasteiger partial charge in [0.2, 0.25) is 0 Å². The molecule has 0 saturated heterocycles. The van der Waals surface area contributed by atoms with Crippen molar-refractivity contribution in [1.29, 1.82) is 0 Å². The van der Waals surface area contributed by atoms with Crippen molar-refractivity contribution in [2.45, 2.75) is 0 Å². The maximum Gasteiger partial charge on any atom is 0.324 e. The maximum absolute atomic E-state index is 10.2. The third kappa shape index (κ3) is 1.73. The second-order valence-corrected chi connectivity index (χ2v) is 1.31. The summed E-state index contributed by atoms with van der Waals surface area (Å²) in [6.45, 7) is 0. The Bertz CT molecular complexity index is 184. The van der Waals surface area contributed by atoms with Gasteiger partial charge < -0.3 is 5.73 Å². The molecule has 1 amide bonds. The van der Waals surface area contributed by atoms with Gasteiger partial charge in [-0.15, -0.1) is 12.4 Å². The Labute approximate surface area is 58.1 Å². The lowest BCUT2D eigenvalue weighted by atomic mass is 10.9. The topological polar surface area (TPSA) is 60.9 Å². The van der Waals surface area contributed by atoms with Gasteiger partial charge in [0.25, 0.3) is 0 Å². The maximum atomic E-state index is 10.2. The molecule has 0 unspecified atom stereocenters. The number of carbonyl (C=O) groups is 1. The summed E-state index contributed by atoms with van der Waals surface area (Å²) < 4.78 is 1.19. The van der Waals surface area contributed by atoms with E-state index >= 15 is 0 Å². The van der Waals surface area contributed by atoms with E-state index in [9.17, 15) is 4.79 Å². The highest BCUT2D eigenvalue weighted by Gasteiger charge is 1.91. The highest BCUT2D eigenvalue weighted by Crippen LogP contribution is 1.79. The van der Waals surface area contributed by atoms with E-state index in [0.29, 0.717) is 0 Å². The first-order chi connectivity index (χ1) is 3.80. The number of amides is 1. The lowest BCUT2D eigenvalue weighted by molar-refractivity contribution is 0.250. The zero-order chi connectivity index (χ0) is 5.98. The first-order valence-corrected chi connectivity index (χ1v) is 2.08. The van der Waals surface area contributed by atoms with Crippen LogP contribution in [-0.4, -0.2) is 15.6 Å². The predicted molar refractivity (Wildman–Crippen MR) is 34.5 cm³/mol. The van der Waals surface area contributed by atoms with E-state index in [0.717, 1.165) is 0 Å². The average molecular weight is 148 g/mol. The number of carbonyl (C=O) groups excluding carboxylic acids is 1. The highest BCUT2D eigenvalue weighted by atomic mass is 35.5. The molecule has 0 aromatic carbocycles. The molecule has 9 heavy (non-hydrogen) atoms. The fourth-order valence-electron chi connectivity index (χ4n) is 0.389. The third-order valence-electron chi connectivity index (χ3n) is 0.759. The number of nitrogens with two attached hydrogens (primary N) is 1. The number of primary amides is 1. The number of imidazole rings is 1. The van der Waals surface area contributed by atoms with Gasteiger partial charge in [-0.1, -0.05) is 0 Å². The van der Waals surface area contributed by atoms with E-state index in [1.54, 1.807) is 0 Å². The highest BCUT2D eigenvalue weighted by molar-refractivity contribution is 5.85. The Hall–Kier alpha value is -1.03. The van der Waals surface area contributed by atoms with Crippen LogP contribution in [0.4, 0.5) is 4.79 Å². The standard InChI is InChI=1S/C4H5N3O.ClH/c5-4(8)7-2-1-6-3-7;/h1-3H,(H2,5,8);1H. The van der Waals surface area contributed by atoms with Crippen molar-refractivity contribution in [1.82, 2.24) is 9.55 Å². The molecular weight excluding hydrogens is 142 g/mol. The number of rotatable bonds is 0. The van der Waals surface area contributed by atoms with E-state index in [-0.39, 0.29) is 12.4 Å². The molecule has 0 radical (unpaired) electrons. The van der Waals surface area contributed by atoms with Crippen LogP contribution >= 0.6 is 12.4 Å². The first-order valence-electron chi connectivity index (χ1n) is 2.08. The summed E-state index contributed by atoms with van der Waals surface area (Å²) in [5.41, 5.74) is 4.84. The van der Waals surface area contributed by atoms with Gasteiger partial charge in [0.15, 0.2) is 0 Å². The van der Waals surface area contributed by atoms with Crippen LogP contribution in [-0.2, 0) is 0 Å². The fourth-order valence-corrected chi connectivity index (χ4v) is 0.389. The lowest BCUT2D eigenvalue weighted by Crippen LogP contribution is -2.17. The second-order valence-electron chi connectivity index (χ2n) is 1.31. The van der Waals surface area contributed by atoms with Crippen LogP contribution in [0.2, 0.25) is 0 Å². The Morgan fingerprint density at radius 1 is 1.67 bits per heavy atom. The minimum absolute atomic E-state index is 0. The zero-order valence-corrected chi connectivity index (χ0v) is 5.34. The molecule has 0 atom stereocenters. The predicted octanol–water partition coefficient (Wildman–Crippen LogP) is 0.232. The van der Waals surface area contributed by atoms with Crippen LogP contribution in [0.3, 0.4) is 0 Å². The van der Waals surface area contributed by atoms with E-state index in [4.69, 9.17) is 5.73 Å². The Morgan fingerprint density at radius 3 is 2.56 bits per heavy atom. The summed E-state index contributed by atoms with van der Waals surface area (Å²) in [4.78, 5) is 13.8. The molecule has 50 valence electrons.